The first-order valence-electron chi connectivity index (χ1n) is 23.2. The zero-order valence-corrected chi connectivity index (χ0v) is 38.8. The van der Waals surface area contributed by atoms with Gasteiger partial charge in [0, 0.05) is 68.3 Å². The predicted octanol–water partition coefficient (Wildman–Crippen LogP) is 6.15. The number of aliphatic carboxylic acids is 1. The lowest BCUT2D eigenvalue weighted by molar-refractivity contribution is -0.390. The minimum Gasteiger partial charge on any atom is -0.481 e. The predicted molar refractivity (Wildman–Crippen MR) is 224 cm³/mol. The summed E-state index contributed by atoms with van der Waals surface area (Å²) in [4.78, 5) is 24.8. The molecule has 0 aromatic carbocycles. The van der Waals surface area contributed by atoms with E-state index in [1.54, 1.807) is 27.9 Å². The summed E-state index contributed by atoms with van der Waals surface area (Å²) in [5, 5.41) is 42.5. The van der Waals surface area contributed by atoms with Crippen LogP contribution in [0.25, 0.3) is 0 Å². The lowest BCUT2D eigenvalue weighted by Crippen LogP contribution is -2.63. The second-order valence-corrected chi connectivity index (χ2v) is 20.6. The highest BCUT2D eigenvalue weighted by Gasteiger charge is 2.65. The first-order valence-corrected chi connectivity index (χ1v) is 23.2. The summed E-state index contributed by atoms with van der Waals surface area (Å²) in [6.45, 7) is 20.9. The van der Waals surface area contributed by atoms with Gasteiger partial charge in [-0.05, 0) is 64.4 Å². The zero-order chi connectivity index (χ0) is 45.0. The molecule has 6 heterocycles. The fraction of sp³-hybridized carbons (Fsp3) is 0.915. The molecule has 0 aromatic rings. The number of aliphatic hydroxyl groups is 3. The highest BCUT2D eigenvalue weighted by atomic mass is 16.8. The van der Waals surface area contributed by atoms with E-state index in [0.29, 0.717) is 44.1 Å². The molecule has 6 aliphatic heterocycles. The molecule has 2 spiro atoms. The van der Waals surface area contributed by atoms with Crippen molar-refractivity contribution in [3.63, 3.8) is 0 Å². The van der Waals surface area contributed by atoms with E-state index in [0.717, 1.165) is 6.42 Å². The van der Waals surface area contributed by atoms with Crippen LogP contribution in [0, 0.1) is 47.3 Å². The third kappa shape index (κ3) is 9.71. The summed E-state index contributed by atoms with van der Waals surface area (Å²) >= 11 is 0. The smallest absolute Gasteiger partial charge is 0.306 e. The number of ketones is 1. The molecule has 350 valence electrons. The van der Waals surface area contributed by atoms with Crippen LogP contribution in [0.5, 0.6) is 0 Å². The summed E-state index contributed by atoms with van der Waals surface area (Å²) in [6.07, 6.45) is 3.25. The molecule has 0 radical (unpaired) electrons. The Morgan fingerprint density at radius 1 is 0.902 bits per heavy atom. The largest absolute Gasteiger partial charge is 0.481 e. The Kier molecular flexibility index (Phi) is 15.0. The highest BCUT2D eigenvalue weighted by Crippen LogP contribution is 2.56. The average molecular weight is 867 g/mol. The molecule has 0 saturated carbocycles. The topological polar surface area (TPSA) is 189 Å². The van der Waals surface area contributed by atoms with Crippen molar-refractivity contribution in [1.29, 1.82) is 0 Å². The van der Waals surface area contributed by atoms with Crippen molar-refractivity contribution in [3.8, 4) is 0 Å². The molecule has 0 unspecified atom stereocenters. The Morgan fingerprint density at radius 3 is 2.25 bits per heavy atom. The Hall–Kier alpha value is -1.56. The highest BCUT2D eigenvalue weighted by molar-refractivity contribution is 5.96. The number of methoxy groups -OCH3 is 1. The van der Waals surface area contributed by atoms with Crippen LogP contribution in [0.3, 0.4) is 0 Å². The maximum absolute atomic E-state index is 13.4. The summed E-state index contributed by atoms with van der Waals surface area (Å²) in [5.41, 5.74) is -0.326. The number of rotatable bonds is 13. The van der Waals surface area contributed by atoms with E-state index in [2.05, 4.69) is 27.7 Å². The van der Waals surface area contributed by atoms with Crippen molar-refractivity contribution in [2.24, 2.45) is 47.3 Å². The van der Waals surface area contributed by atoms with Crippen LogP contribution in [0.1, 0.15) is 134 Å². The van der Waals surface area contributed by atoms with Gasteiger partial charge in [-0.2, -0.15) is 0 Å². The molecule has 6 fully saturated rings. The van der Waals surface area contributed by atoms with Crippen molar-refractivity contribution < 1.29 is 67.9 Å². The van der Waals surface area contributed by atoms with Crippen molar-refractivity contribution >= 4 is 11.8 Å². The van der Waals surface area contributed by atoms with E-state index in [9.17, 15) is 30.0 Å². The molecule has 6 aliphatic rings. The van der Waals surface area contributed by atoms with Gasteiger partial charge in [0.1, 0.15) is 0 Å². The third-order valence-electron chi connectivity index (χ3n) is 15.9. The molecule has 6 saturated heterocycles. The molecule has 0 bridgehead atoms. The number of allylic oxidation sites excluding steroid dienone is 1. The summed E-state index contributed by atoms with van der Waals surface area (Å²) < 4.78 is 53.9. The van der Waals surface area contributed by atoms with Gasteiger partial charge in [-0.1, -0.05) is 61.5 Å². The van der Waals surface area contributed by atoms with Gasteiger partial charge in [-0.3, -0.25) is 9.59 Å². The minimum absolute atomic E-state index is 0.0130. The normalized spacial score (nSPS) is 48.6. The van der Waals surface area contributed by atoms with Crippen LogP contribution < -0.4 is 0 Å². The van der Waals surface area contributed by atoms with Crippen molar-refractivity contribution in [2.45, 2.75) is 212 Å². The van der Waals surface area contributed by atoms with E-state index in [-0.39, 0.29) is 72.4 Å². The molecule has 14 heteroatoms. The number of carboxylic acid groups (broad SMARTS) is 1. The molecule has 4 N–H and O–H groups in total. The first kappa shape index (κ1) is 48.9. The molecule has 0 aliphatic carbocycles. The second kappa shape index (κ2) is 18.7. The lowest BCUT2D eigenvalue weighted by atomic mass is 9.76. The van der Waals surface area contributed by atoms with Gasteiger partial charge in [0.05, 0.1) is 67.0 Å². The summed E-state index contributed by atoms with van der Waals surface area (Å²) in [6, 6.07) is 0. The molecule has 14 nitrogen and oxygen atoms in total. The molecule has 6 rings (SSSR count). The third-order valence-corrected chi connectivity index (χ3v) is 15.9. The monoisotopic (exact) mass is 867 g/mol. The number of ether oxygens (including phenoxy) is 8. The Morgan fingerprint density at radius 2 is 1.61 bits per heavy atom. The van der Waals surface area contributed by atoms with Crippen LogP contribution in [0.2, 0.25) is 0 Å². The van der Waals surface area contributed by atoms with Crippen LogP contribution in [0.15, 0.2) is 11.6 Å². The van der Waals surface area contributed by atoms with Crippen LogP contribution in [0.4, 0.5) is 0 Å². The van der Waals surface area contributed by atoms with Crippen molar-refractivity contribution in [3.05, 3.63) is 11.6 Å². The average Bonchev–Trinajstić information content (AvgIpc) is 3.71. The SMILES string of the molecule is CO[C@H]1CC[C@@H](O[C@H]2C[C@H]([C@]3(C)CC[C@]4(C[C@H](O)[C@@H](C)[C@@H]([C@H](C)/C=C(\C)C(=O)[C@H](C)C[C@H](C)C(=O)O)O4)O3)O[C@]3(O[C@@H]([C@H]4O[C@@](O)(CO)[C@H](C)C[C@@H]4C)C[C@@H]3C)[C@@H]2C)O[C@@H]1C. The first-order chi connectivity index (χ1) is 28.5. The quantitative estimate of drug-likeness (QED) is 0.154. The number of carboxylic acids is 1. The van der Waals surface area contributed by atoms with Gasteiger partial charge >= 0.3 is 5.97 Å². The Bertz CT molecular complexity index is 1570. The van der Waals surface area contributed by atoms with Gasteiger partial charge in [0.15, 0.2) is 29.4 Å². The number of carbonyl (C=O) groups is 2. The maximum atomic E-state index is 13.4. The number of hydrogen-bond donors (Lipinski definition) is 4. The Labute approximate surface area is 363 Å². The number of Topliss-reactive ketones (excluding diaryl/α,β-unsaturated/α-hetero) is 1. The van der Waals surface area contributed by atoms with Gasteiger partial charge in [0.25, 0.3) is 0 Å². The van der Waals surface area contributed by atoms with Crippen LogP contribution >= 0.6 is 0 Å². The van der Waals surface area contributed by atoms with Crippen LogP contribution in [-0.2, 0) is 47.5 Å². The van der Waals surface area contributed by atoms with E-state index < -0.39 is 84.2 Å². The molecular formula is C47H78O14. The zero-order valence-electron chi connectivity index (χ0n) is 38.8. The molecule has 0 amide bonds. The minimum atomic E-state index is -1.66. The molecular weight excluding hydrogens is 789 g/mol. The maximum Gasteiger partial charge on any atom is 0.306 e. The van der Waals surface area contributed by atoms with E-state index in [1.165, 1.54) is 0 Å². The van der Waals surface area contributed by atoms with E-state index in [4.69, 9.17) is 37.9 Å². The summed E-state index contributed by atoms with van der Waals surface area (Å²) in [5.74, 6) is -7.01. The van der Waals surface area contributed by atoms with Gasteiger partial charge in [-0.25, -0.2) is 0 Å². The fourth-order valence-electron chi connectivity index (χ4n) is 11.8. The van der Waals surface area contributed by atoms with Gasteiger partial charge in [-0.15, -0.1) is 0 Å². The van der Waals surface area contributed by atoms with Crippen molar-refractivity contribution in [1.82, 2.24) is 0 Å². The van der Waals surface area contributed by atoms with Crippen LogP contribution in [-0.4, -0.2) is 124 Å². The fourth-order valence-corrected chi connectivity index (χ4v) is 11.8. The standard InChI is InChI=1S/C47H78O14/c1-24(40(50)25(2)18-28(5)43(51)52)17-26(3)41-31(8)34(49)22-45(59-41)16-15-44(11,61-45)38-21-36(56-39-14-13-35(54-12)33(10)55-39)32(9)47(58-38)30(7)20-37(57-47)42-27(4)19-29(6)46(53,23-48)60-42/h17,25-39,41-42,48-49,53H,13-16,18-23H2,1-12H3,(H,51,52)/b24-17+/t25-,26-,27+,28+,29-,30+,31-,32-,33-,34+,35+,36+,37-,38-,39-,41-,42+,44+,45-,46+,47+/m1/s1. The van der Waals surface area contributed by atoms with Gasteiger partial charge in [0.2, 0.25) is 0 Å². The van der Waals surface area contributed by atoms with Gasteiger partial charge < -0.3 is 58.3 Å². The van der Waals surface area contributed by atoms with E-state index >= 15 is 0 Å². The number of aliphatic hydroxyl groups excluding tert-OH is 2. The van der Waals surface area contributed by atoms with E-state index in [1.807, 2.05) is 33.8 Å². The van der Waals surface area contributed by atoms with Crippen molar-refractivity contribution in [2.75, 3.05) is 13.7 Å². The number of carbonyl (C=O) groups excluding carboxylic acids is 1. The number of hydrogen-bond acceptors (Lipinski definition) is 13. The molecule has 21 atom stereocenters. The Balaban J connectivity index is 1.24. The molecule has 61 heavy (non-hydrogen) atoms. The lowest BCUT2D eigenvalue weighted by Gasteiger charge is -2.54. The summed E-state index contributed by atoms with van der Waals surface area (Å²) in [7, 11) is 1.70. The second-order valence-electron chi connectivity index (χ2n) is 20.6. The molecule has 0 aromatic heterocycles.